The Balaban J connectivity index is 0.000000672. The molecule has 2 aliphatic carbocycles. The molecule has 13 aromatic rings. The molecule has 22 rings (SSSR count). The minimum Gasteiger partial charge on any atom is -0.493 e. The molecule has 0 unspecified atom stereocenters. The van der Waals surface area contributed by atoms with Crippen LogP contribution in [0.5, 0.6) is 34.5 Å². The number of nitrogens with one attached hydrogen (secondary N) is 4. The van der Waals surface area contributed by atoms with E-state index in [1.165, 1.54) is 95.7 Å². The van der Waals surface area contributed by atoms with E-state index in [2.05, 4.69) is 130 Å². The number of hydrogen-bond donors (Lipinski definition) is 4. The molecule has 0 fully saturated rings. The van der Waals surface area contributed by atoms with Crippen molar-refractivity contribution in [2.45, 2.75) is 226 Å². The summed E-state index contributed by atoms with van der Waals surface area (Å²) in [6.07, 6.45) is 12.9. The summed E-state index contributed by atoms with van der Waals surface area (Å²) in [6.45, 7) is 48.6. The van der Waals surface area contributed by atoms with E-state index >= 15 is 0 Å². The Hall–Kier alpha value is -10.7. The largest absolute Gasteiger partial charge is 0.493 e. The highest BCUT2D eigenvalue weighted by Gasteiger charge is 2.15. The number of oxazole rings is 1. The summed E-state index contributed by atoms with van der Waals surface area (Å²) in [4.78, 5) is 26.3. The van der Waals surface area contributed by atoms with Crippen molar-refractivity contribution in [1.29, 1.82) is 0 Å². The fourth-order valence-corrected chi connectivity index (χ4v) is 14.6. The van der Waals surface area contributed by atoms with Gasteiger partial charge in [0.25, 0.3) is 0 Å². The molecule has 7 aliphatic heterocycles. The maximum atomic E-state index is 10.6. The van der Waals surface area contributed by atoms with E-state index in [4.69, 9.17) is 37.3 Å². The van der Waals surface area contributed by atoms with Crippen LogP contribution in [0.4, 0.5) is 17.1 Å². The first kappa shape index (κ1) is 112. The second kappa shape index (κ2) is 74.7. The molecule has 125 heavy (non-hydrogen) atoms. The van der Waals surface area contributed by atoms with Gasteiger partial charge in [0, 0.05) is 35.8 Å². The number of hydrogen-bond acceptors (Lipinski definition) is 16. The highest BCUT2D eigenvalue weighted by molar-refractivity contribution is 7.99. The monoisotopic (exact) mass is 1760 g/mol. The predicted octanol–water partition coefficient (Wildman–Crippen LogP) is 31.1. The number of aryl methyl sites for hydroxylation is 5. The van der Waals surface area contributed by atoms with Crippen molar-refractivity contribution in [1.82, 2.24) is 4.98 Å². The van der Waals surface area contributed by atoms with E-state index in [1.807, 2.05) is 304 Å². The van der Waals surface area contributed by atoms with Crippen LogP contribution in [0.1, 0.15) is 211 Å². The first-order chi connectivity index (χ1) is 61.9. The fourth-order valence-electron chi connectivity index (χ4n) is 12.1. The third kappa shape index (κ3) is 42.2. The summed E-state index contributed by atoms with van der Waals surface area (Å²) in [5.41, 5.74) is 16.2. The highest BCUT2D eigenvalue weighted by Crippen LogP contribution is 2.36. The zero-order valence-electron chi connectivity index (χ0n) is 79.4. The van der Waals surface area contributed by atoms with E-state index in [0.717, 1.165) is 106 Å². The molecule has 0 amide bonds. The van der Waals surface area contributed by atoms with Gasteiger partial charge in [0.05, 0.1) is 33.1 Å². The summed E-state index contributed by atoms with van der Waals surface area (Å²) in [5.74, 6) is 7.36. The molecule has 2 aromatic heterocycles. The molecule has 9 heterocycles. The average molecular weight is 1760 g/mol. The summed E-state index contributed by atoms with van der Waals surface area (Å²) in [6, 6.07) is 89.0. The van der Waals surface area contributed by atoms with Crippen LogP contribution in [0.25, 0.3) is 21.4 Å². The van der Waals surface area contributed by atoms with Gasteiger partial charge in [0.15, 0.2) is 23.8 Å². The molecule has 14 nitrogen and oxygen atoms in total. The molecule has 0 saturated heterocycles. The summed E-state index contributed by atoms with van der Waals surface area (Å²) < 4.78 is 41.8. The maximum absolute atomic E-state index is 10.6. The Labute approximate surface area is 764 Å². The van der Waals surface area contributed by atoms with E-state index in [9.17, 15) is 9.59 Å². The first-order valence-electron chi connectivity index (χ1n) is 46.0. The number of rotatable bonds is 0. The topological polar surface area (TPSA) is 168 Å². The highest BCUT2D eigenvalue weighted by atomic mass is 32.2. The van der Waals surface area contributed by atoms with Crippen LogP contribution in [0.3, 0.4) is 0 Å². The lowest BCUT2D eigenvalue weighted by Crippen LogP contribution is -2.17. The van der Waals surface area contributed by atoms with Crippen molar-refractivity contribution in [3.63, 3.8) is 0 Å². The molecule has 0 bridgehead atoms. The maximum Gasteiger partial charge on any atom is 0.417 e. The van der Waals surface area contributed by atoms with Crippen molar-refractivity contribution in [3.05, 3.63) is 326 Å². The molecule has 17 heteroatoms. The van der Waals surface area contributed by atoms with Gasteiger partial charge < -0.3 is 53.2 Å². The van der Waals surface area contributed by atoms with Crippen LogP contribution in [-0.2, 0) is 44.9 Å². The van der Waals surface area contributed by atoms with Gasteiger partial charge in [-0.2, -0.15) is 0 Å². The van der Waals surface area contributed by atoms with Crippen LogP contribution in [-0.4, -0.2) is 56.5 Å². The lowest BCUT2D eigenvalue weighted by molar-refractivity contribution is 0.174. The number of aromatic amines is 1. The zero-order chi connectivity index (χ0) is 92.3. The molecule has 0 saturated carbocycles. The number of fused-ring (bicyclic) bond motifs is 11. The number of thioether (sulfide) groups is 2. The molecular formula is C108H150N4O10S3. The van der Waals surface area contributed by atoms with Gasteiger partial charge in [-0.25, -0.2) is 9.59 Å². The number of para-hydroxylation sites is 12. The van der Waals surface area contributed by atoms with Crippen molar-refractivity contribution in [2.24, 2.45) is 0 Å². The van der Waals surface area contributed by atoms with Crippen LogP contribution in [0.15, 0.2) is 295 Å². The van der Waals surface area contributed by atoms with Crippen molar-refractivity contribution in [2.75, 3.05) is 67.5 Å². The molecule has 9 aliphatic rings. The third-order valence-corrected chi connectivity index (χ3v) is 20.1. The van der Waals surface area contributed by atoms with E-state index in [0.29, 0.717) is 24.7 Å². The van der Waals surface area contributed by atoms with Gasteiger partial charge in [0.1, 0.15) is 41.1 Å². The lowest BCUT2D eigenvalue weighted by Gasteiger charge is -2.17. The van der Waals surface area contributed by atoms with E-state index in [-0.39, 0.29) is 4.94 Å². The van der Waals surface area contributed by atoms with Gasteiger partial charge >= 0.3 is 10.7 Å². The summed E-state index contributed by atoms with van der Waals surface area (Å²) >= 11 is 4.84. The van der Waals surface area contributed by atoms with Crippen LogP contribution >= 0.6 is 34.9 Å². The minimum absolute atomic E-state index is 0.235. The Kier molecular flexibility index (Phi) is 67.1. The quantitative estimate of drug-likeness (QED) is 0.113. The van der Waals surface area contributed by atoms with Gasteiger partial charge in [-0.15, -0.1) is 11.8 Å². The van der Waals surface area contributed by atoms with Crippen LogP contribution in [0.2, 0.25) is 0 Å². The number of benzene rings is 11. The minimum atomic E-state index is -0.402. The number of aromatic nitrogens is 1. The Morgan fingerprint density at radius 3 is 1.21 bits per heavy atom. The van der Waals surface area contributed by atoms with E-state index in [1.54, 1.807) is 52.2 Å². The molecule has 0 atom stereocenters. The van der Waals surface area contributed by atoms with E-state index < -0.39 is 5.76 Å². The van der Waals surface area contributed by atoms with Crippen LogP contribution in [0, 0.1) is 0 Å². The second-order valence-corrected chi connectivity index (χ2v) is 27.3. The average Bonchev–Trinajstić information content (AvgIpc) is 1.70. The third-order valence-electron chi connectivity index (χ3n) is 17.3. The predicted molar refractivity (Wildman–Crippen MR) is 545 cm³/mol. The molecule has 11 aromatic carbocycles. The molecular weight excluding hydrogens is 1610 g/mol. The van der Waals surface area contributed by atoms with Gasteiger partial charge in [-0.05, 0) is 188 Å². The van der Waals surface area contributed by atoms with Gasteiger partial charge in [0.2, 0.25) is 6.79 Å². The Bertz CT molecular complexity index is 4000. The lowest BCUT2D eigenvalue weighted by atomic mass is 9.92. The standard InChI is InChI=1S/C10H12.C9H10.C8H9NO.C8H9N.C8H8O.C8H8S.C7H5NO2.C7H7NO.C7H4O2S.C7H6O2.C7H6OS.11C2H6/c1-2-6-10-8-4-3-7-9(10)5-1;1-2-5-9-7-3-6-8(9)4-1;1-2-4-8-7(3-1)9-5-6-10-8;3*1-2-4-8-7(3-1)5-6-9-8;9-7-8-5-3-1-2-4-6(5)10-7;1-2-4-7-6(3-1)8-5-9-7;8-7-9-5-3-1-2-4-6(5)10-7;2*1-2-4-7-6(3-1)8-5-9-7;11*1-2/h1-2,5-6H,3-4,7-8H2;1-2,4-5H,3,6-7H2;1-4,9H,5-6H2;1-4,9H,5-6H2;2*1-4H,5-6H2;1-4H,(H,8,9);1-4,8H,5H2;1-4H;2*1-4H,5H2;11*1-2H3. The summed E-state index contributed by atoms with van der Waals surface area (Å²) in [5, 5.41) is 9.62. The normalized spacial score (nSPS) is 12.1. The van der Waals surface area contributed by atoms with Crippen molar-refractivity contribution < 1.29 is 37.3 Å². The van der Waals surface area contributed by atoms with Gasteiger partial charge in [-0.1, -0.05) is 351 Å². The molecule has 680 valence electrons. The first-order valence-corrected chi connectivity index (χ1v) is 48.7. The fraction of sp³-hybridized carbons (Fsp3) is 0.370. The SMILES string of the molecule is CC.CC.CC.CC.CC.CC.CC.CC.CC.CC.CC.O=c1[nH]c2ccccc2o1.O=c1oc2ccccc2s1.c1ccc2c(c1)CCC2.c1ccc2c(c1)CCCC2.c1ccc2c(c1)CCN2.c1ccc2c(c1)CCO2.c1ccc2c(c1)CCS2.c1ccc2c(c1)NCCO2.c1ccc2c(c1)NCO2.c1ccc2c(c1)OCO2.c1ccc2c(c1)OCS2. The van der Waals surface area contributed by atoms with Gasteiger partial charge in [-0.3, -0.25) is 4.98 Å². The number of H-pyrrole nitrogens is 1. The number of anilines is 3. The van der Waals surface area contributed by atoms with Crippen molar-refractivity contribution >= 4 is 73.3 Å². The molecule has 0 spiro atoms. The Morgan fingerprint density at radius 1 is 0.280 bits per heavy atom. The Morgan fingerprint density at radius 2 is 0.696 bits per heavy atom. The second-order valence-electron chi connectivity index (χ2n) is 24.2. The molecule has 0 radical (unpaired) electrons. The van der Waals surface area contributed by atoms with Crippen molar-refractivity contribution in [3.8, 4) is 34.5 Å². The number of ether oxygens (including phenoxy) is 6. The summed E-state index contributed by atoms with van der Waals surface area (Å²) in [7, 11) is 0. The van der Waals surface area contributed by atoms with Crippen LogP contribution < -0.4 is 55.1 Å². The molecule has 4 N–H and O–H groups in total. The zero-order valence-corrected chi connectivity index (χ0v) is 81.9. The smallest absolute Gasteiger partial charge is 0.417 e.